The molecule has 0 aromatic heterocycles. The van der Waals surface area contributed by atoms with Crippen molar-refractivity contribution in [2.24, 2.45) is 5.92 Å². The number of methoxy groups -OCH3 is 2. The van der Waals surface area contributed by atoms with E-state index >= 15 is 0 Å². The Balaban J connectivity index is 1.92. The van der Waals surface area contributed by atoms with Crippen molar-refractivity contribution in [3.63, 3.8) is 0 Å². The second-order valence-electron chi connectivity index (χ2n) is 7.06. The summed E-state index contributed by atoms with van der Waals surface area (Å²) in [6.45, 7) is 0. The summed E-state index contributed by atoms with van der Waals surface area (Å²) >= 11 is 4.33. The molecule has 2 aromatic carbocycles. The quantitative estimate of drug-likeness (QED) is 0.400. The molecule has 1 aliphatic heterocycles. The van der Waals surface area contributed by atoms with E-state index < -0.39 is 35.4 Å². The minimum absolute atomic E-state index is 0.117. The number of esters is 1. The van der Waals surface area contributed by atoms with Crippen molar-refractivity contribution < 1.29 is 28.2 Å². The van der Waals surface area contributed by atoms with Crippen LogP contribution in [-0.4, -0.2) is 37.8 Å². The lowest BCUT2D eigenvalue weighted by atomic mass is 9.78. The number of halogens is 2. The standard InChI is InChI=1S/C23H19BrFN3O5S/c1-32-17-8-3-12(9-16(17)24)19-15(10-26)22(28-21(30)20(19)23(31)33-2)34-11-18(29)27-14-6-4-13(25)5-7-14/h3-9,19-20H,11H2,1-2H3,(H,27,29)(H,28,30)/t19-,20+/m0/s1. The monoisotopic (exact) mass is 547 g/mol. The van der Waals surface area contributed by atoms with E-state index in [1.807, 2.05) is 0 Å². The number of carbonyl (C=O) groups excluding carboxylic acids is 3. The van der Waals surface area contributed by atoms with Crippen LogP contribution in [0.5, 0.6) is 5.75 Å². The number of anilines is 1. The minimum atomic E-state index is -1.29. The predicted octanol–water partition coefficient (Wildman–Crippen LogP) is 3.71. The molecule has 1 heterocycles. The topological polar surface area (TPSA) is 118 Å². The molecule has 0 saturated carbocycles. The number of carbonyl (C=O) groups is 3. The number of nitrogens with zero attached hydrogens (tertiary/aromatic N) is 1. The van der Waals surface area contributed by atoms with Crippen LogP contribution in [-0.2, 0) is 19.1 Å². The number of hydrogen-bond donors (Lipinski definition) is 2. The minimum Gasteiger partial charge on any atom is -0.496 e. The molecule has 0 radical (unpaired) electrons. The van der Waals surface area contributed by atoms with E-state index in [0.29, 0.717) is 21.5 Å². The van der Waals surface area contributed by atoms with E-state index in [4.69, 9.17) is 9.47 Å². The van der Waals surface area contributed by atoms with E-state index in [2.05, 4.69) is 32.6 Å². The zero-order valence-electron chi connectivity index (χ0n) is 18.1. The first kappa shape index (κ1) is 25.3. The Bertz CT molecular complexity index is 1200. The van der Waals surface area contributed by atoms with Crippen molar-refractivity contribution in [3.05, 3.63) is 68.9 Å². The molecule has 2 aromatic rings. The molecule has 0 saturated heterocycles. The van der Waals surface area contributed by atoms with Crippen molar-refractivity contribution in [1.29, 1.82) is 5.26 Å². The van der Waals surface area contributed by atoms with E-state index in [1.165, 1.54) is 31.4 Å². The lowest BCUT2D eigenvalue weighted by Gasteiger charge is -2.31. The molecule has 2 atom stereocenters. The second-order valence-corrected chi connectivity index (χ2v) is 8.90. The lowest BCUT2D eigenvalue weighted by molar-refractivity contribution is -0.150. The summed E-state index contributed by atoms with van der Waals surface area (Å²) in [5.74, 6) is -4.13. The Morgan fingerprint density at radius 1 is 1.24 bits per heavy atom. The zero-order valence-corrected chi connectivity index (χ0v) is 20.5. The third-order valence-corrected chi connectivity index (χ3v) is 6.63. The van der Waals surface area contributed by atoms with Crippen LogP contribution in [0, 0.1) is 23.1 Å². The van der Waals surface area contributed by atoms with Crippen LogP contribution < -0.4 is 15.4 Å². The number of benzene rings is 2. The molecule has 11 heteroatoms. The molecule has 3 rings (SSSR count). The van der Waals surface area contributed by atoms with Gasteiger partial charge < -0.3 is 20.1 Å². The zero-order chi connectivity index (χ0) is 24.8. The smallest absolute Gasteiger partial charge is 0.319 e. The number of rotatable bonds is 7. The molecule has 1 aliphatic rings. The van der Waals surface area contributed by atoms with Crippen LogP contribution in [0.1, 0.15) is 11.5 Å². The SMILES string of the molecule is COC(=O)[C@H]1C(=O)NC(SCC(=O)Nc2ccc(F)cc2)=C(C#N)[C@@H]1c1ccc(OC)c(Br)c1. The van der Waals surface area contributed by atoms with Gasteiger partial charge in [-0.2, -0.15) is 5.26 Å². The van der Waals surface area contributed by atoms with Gasteiger partial charge >= 0.3 is 5.97 Å². The predicted molar refractivity (Wildman–Crippen MR) is 127 cm³/mol. The first-order chi connectivity index (χ1) is 16.3. The first-order valence-electron chi connectivity index (χ1n) is 9.83. The lowest BCUT2D eigenvalue weighted by Crippen LogP contribution is -2.44. The van der Waals surface area contributed by atoms with Crippen LogP contribution in [0.25, 0.3) is 0 Å². The third-order valence-electron chi connectivity index (χ3n) is 4.99. The van der Waals surface area contributed by atoms with Crippen molar-refractivity contribution in [2.45, 2.75) is 5.92 Å². The average molecular weight is 548 g/mol. The summed E-state index contributed by atoms with van der Waals surface area (Å²) < 4.78 is 23.7. The van der Waals surface area contributed by atoms with Crippen LogP contribution in [0.2, 0.25) is 0 Å². The summed E-state index contributed by atoms with van der Waals surface area (Å²) in [7, 11) is 2.66. The average Bonchev–Trinajstić information content (AvgIpc) is 2.83. The summed E-state index contributed by atoms with van der Waals surface area (Å²) in [6.07, 6.45) is 0. The number of ether oxygens (including phenoxy) is 2. The van der Waals surface area contributed by atoms with E-state index in [-0.39, 0.29) is 16.4 Å². The number of thioether (sulfide) groups is 1. The molecule has 0 bridgehead atoms. The fourth-order valence-electron chi connectivity index (χ4n) is 3.42. The van der Waals surface area contributed by atoms with Gasteiger partial charge in [0.05, 0.1) is 41.1 Å². The fourth-order valence-corrected chi connectivity index (χ4v) is 4.83. The van der Waals surface area contributed by atoms with E-state index in [0.717, 1.165) is 18.9 Å². The molecule has 2 amide bonds. The van der Waals surface area contributed by atoms with Crippen molar-refractivity contribution >= 4 is 51.2 Å². The van der Waals surface area contributed by atoms with Crippen LogP contribution in [0.15, 0.2) is 57.5 Å². The molecule has 0 aliphatic carbocycles. The van der Waals surface area contributed by atoms with Gasteiger partial charge in [0, 0.05) is 11.6 Å². The molecule has 0 unspecified atom stereocenters. The molecule has 0 fully saturated rings. The summed E-state index contributed by atoms with van der Waals surface area (Å²) in [5.41, 5.74) is 1.04. The molecule has 176 valence electrons. The fraction of sp³-hybridized carbons (Fsp3) is 0.217. The van der Waals surface area contributed by atoms with Gasteiger partial charge in [-0.05, 0) is 57.9 Å². The Morgan fingerprint density at radius 3 is 2.53 bits per heavy atom. The van der Waals surface area contributed by atoms with Gasteiger partial charge in [-0.25, -0.2) is 4.39 Å². The summed E-state index contributed by atoms with van der Waals surface area (Å²) in [4.78, 5) is 37.7. The second kappa shape index (κ2) is 11.2. The molecular formula is C23H19BrFN3O5S. The van der Waals surface area contributed by atoms with Gasteiger partial charge in [-0.3, -0.25) is 14.4 Å². The Kier molecular flexibility index (Phi) is 8.31. The largest absolute Gasteiger partial charge is 0.496 e. The molecule has 34 heavy (non-hydrogen) atoms. The van der Waals surface area contributed by atoms with Crippen molar-refractivity contribution in [2.75, 3.05) is 25.3 Å². The molecular weight excluding hydrogens is 529 g/mol. The summed E-state index contributed by atoms with van der Waals surface area (Å²) in [6, 6.07) is 12.3. The number of nitrogens with one attached hydrogen (secondary N) is 2. The number of hydrogen-bond acceptors (Lipinski definition) is 7. The van der Waals surface area contributed by atoms with Gasteiger partial charge in [-0.15, -0.1) is 0 Å². The number of amides is 2. The highest BCUT2D eigenvalue weighted by atomic mass is 79.9. The normalized spacial score (nSPS) is 17.4. The van der Waals surface area contributed by atoms with E-state index in [1.54, 1.807) is 18.2 Å². The van der Waals surface area contributed by atoms with Crippen LogP contribution in [0.3, 0.4) is 0 Å². The Morgan fingerprint density at radius 2 is 1.94 bits per heavy atom. The van der Waals surface area contributed by atoms with E-state index in [9.17, 15) is 24.0 Å². The number of allylic oxidation sites excluding steroid dienone is 1. The van der Waals surface area contributed by atoms with Gasteiger partial charge in [0.1, 0.15) is 17.5 Å². The first-order valence-corrected chi connectivity index (χ1v) is 11.6. The van der Waals surface area contributed by atoms with Gasteiger partial charge in [0.25, 0.3) is 0 Å². The van der Waals surface area contributed by atoms with Gasteiger partial charge in [0.15, 0.2) is 0 Å². The number of nitriles is 1. The maximum Gasteiger partial charge on any atom is 0.319 e. The maximum atomic E-state index is 13.1. The Labute approximate surface area is 207 Å². The van der Waals surface area contributed by atoms with Gasteiger partial charge in [-0.1, -0.05) is 17.8 Å². The molecule has 0 spiro atoms. The van der Waals surface area contributed by atoms with Crippen molar-refractivity contribution in [1.82, 2.24) is 5.32 Å². The van der Waals surface area contributed by atoms with Gasteiger partial charge in [0.2, 0.25) is 11.8 Å². The molecule has 8 nitrogen and oxygen atoms in total. The van der Waals surface area contributed by atoms with Crippen LogP contribution >= 0.6 is 27.7 Å². The third kappa shape index (κ3) is 5.58. The van der Waals surface area contributed by atoms with Crippen molar-refractivity contribution in [3.8, 4) is 11.8 Å². The van der Waals surface area contributed by atoms with Crippen LogP contribution in [0.4, 0.5) is 10.1 Å². The highest BCUT2D eigenvalue weighted by Gasteiger charge is 2.44. The molecule has 2 N–H and O–H groups in total. The highest BCUT2D eigenvalue weighted by molar-refractivity contribution is 9.10. The summed E-state index contributed by atoms with van der Waals surface area (Å²) in [5, 5.41) is 15.3. The Hall–Kier alpha value is -3.36. The highest BCUT2D eigenvalue weighted by Crippen LogP contribution is 2.42. The maximum absolute atomic E-state index is 13.1.